The van der Waals surface area contributed by atoms with Crippen molar-refractivity contribution in [3.8, 4) is 0 Å². The van der Waals surface area contributed by atoms with Gasteiger partial charge in [-0.25, -0.2) is 0 Å². The van der Waals surface area contributed by atoms with E-state index in [1.54, 1.807) is 0 Å². The third kappa shape index (κ3) is 5.59. The highest BCUT2D eigenvalue weighted by atomic mass is 32.1. The Bertz CT molecular complexity index is 545. The van der Waals surface area contributed by atoms with Crippen LogP contribution in [0.25, 0.3) is 0 Å². The van der Waals surface area contributed by atoms with Gasteiger partial charge in [0, 0.05) is 13.1 Å². The molecule has 1 aromatic rings. The largest absolute Gasteiger partial charge is 0.349 e. The van der Waals surface area contributed by atoms with E-state index in [4.69, 9.17) is 12.2 Å². The molecular weight excluding hydrogens is 316 g/mol. The Kier molecular flexibility index (Phi) is 7.22. The summed E-state index contributed by atoms with van der Waals surface area (Å²) in [6.07, 6.45) is 5.89. The lowest BCUT2D eigenvalue weighted by atomic mass is 9.96. The van der Waals surface area contributed by atoms with Crippen molar-refractivity contribution in [2.75, 3.05) is 13.1 Å². The molecule has 1 aliphatic rings. The van der Waals surface area contributed by atoms with Crippen molar-refractivity contribution in [2.24, 2.45) is 5.92 Å². The van der Waals surface area contributed by atoms with Crippen molar-refractivity contribution in [2.45, 2.75) is 58.8 Å². The van der Waals surface area contributed by atoms with E-state index >= 15 is 0 Å². The second-order valence-corrected chi connectivity index (χ2v) is 7.64. The van der Waals surface area contributed by atoms with Crippen molar-refractivity contribution in [3.05, 3.63) is 35.4 Å². The van der Waals surface area contributed by atoms with Crippen LogP contribution >= 0.6 is 12.2 Å². The summed E-state index contributed by atoms with van der Waals surface area (Å²) in [7, 11) is 0. The Morgan fingerprint density at radius 3 is 2.21 bits per heavy atom. The lowest BCUT2D eigenvalue weighted by Gasteiger charge is -2.24. The summed E-state index contributed by atoms with van der Waals surface area (Å²) in [6, 6.07) is 8.40. The number of nitrogens with one attached hydrogen (secondary N) is 1. The minimum absolute atomic E-state index is 0.0131. The second-order valence-electron chi connectivity index (χ2n) is 7.26. The maximum atomic E-state index is 12.5. The first-order valence-electron chi connectivity index (χ1n) is 9.16. The van der Waals surface area contributed by atoms with Crippen molar-refractivity contribution in [1.29, 1.82) is 0 Å². The minimum Gasteiger partial charge on any atom is -0.349 e. The van der Waals surface area contributed by atoms with Gasteiger partial charge in [-0.15, -0.1) is 0 Å². The van der Waals surface area contributed by atoms with Gasteiger partial charge in [-0.05, 0) is 55.4 Å². The smallest absolute Gasteiger partial charge is 0.233 e. The lowest BCUT2D eigenvalue weighted by Crippen LogP contribution is -2.44. The third-order valence-corrected chi connectivity index (χ3v) is 5.00. The Morgan fingerprint density at radius 2 is 1.67 bits per heavy atom. The van der Waals surface area contributed by atoms with Gasteiger partial charge in [0.05, 0.1) is 5.92 Å². The predicted octanol–water partition coefficient (Wildman–Crippen LogP) is 4.27. The summed E-state index contributed by atoms with van der Waals surface area (Å²) in [5.41, 5.74) is 2.36. The topological polar surface area (TPSA) is 32.3 Å². The van der Waals surface area contributed by atoms with E-state index in [2.05, 4.69) is 48.3 Å². The normalized spacial score (nSPS) is 16.6. The zero-order valence-electron chi connectivity index (χ0n) is 15.2. The molecule has 1 heterocycles. The molecule has 1 unspecified atom stereocenters. The van der Waals surface area contributed by atoms with Crippen molar-refractivity contribution < 1.29 is 4.79 Å². The highest BCUT2D eigenvalue weighted by Gasteiger charge is 2.19. The van der Waals surface area contributed by atoms with Crippen LogP contribution in [-0.4, -0.2) is 29.0 Å². The molecular formula is C20H30N2OS. The zero-order chi connectivity index (χ0) is 17.5. The molecule has 24 heavy (non-hydrogen) atoms. The number of hydrogen-bond acceptors (Lipinski definition) is 2. The van der Waals surface area contributed by atoms with Crippen LogP contribution in [0, 0.1) is 5.92 Å². The number of amides is 1. The summed E-state index contributed by atoms with van der Waals surface area (Å²) < 4.78 is 0. The minimum atomic E-state index is -0.192. The van der Waals surface area contributed by atoms with Gasteiger partial charge in [-0.1, -0.05) is 51.0 Å². The van der Waals surface area contributed by atoms with Crippen LogP contribution in [0.15, 0.2) is 24.3 Å². The SMILES string of the molecule is CC(C)Cc1ccc(C(C)C(=O)NC(=S)N2CCCCCC2)cc1. The number of carbonyl (C=O) groups excluding carboxylic acids is 1. The summed E-state index contributed by atoms with van der Waals surface area (Å²) in [5, 5.41) is 3.53. The predicted molar refractivity (Wildman–Crippen MR) is 104 cm³/mol. The number of carbonyl (C=O) groups is 1. The van der Waals surface area contributed by atoms with E-state index in [0.29, 0.717) is 11.0 Å². The highest BCUT2D eigenvalue weighted by Crippen LogP contribution is 2.18. The number of nitrogens with zero attached hydrogens (tertiary/aromatic N) is 1. The molecule has 1 aliphatic heterocycles. The molecule has 1 atom stereocenters. The molecule has 0 saturated carbocycles. The van der Waals surface area contributed by atoms with Gasteiger partial charge in [0.1, 0.15) is 0 Å². The molecule has 1 N–H and O–H groups in total. The van der Waals surface area contributed by atoms with Crippen LogP contribution in [0.2, 0.25) is 0 Å². The van der Waals surface area contributed by atoms with Gasteiger partial charge in [0.25, 0.3) is 0 Å². The van der Waals surface area contributed by atoms with E-state index in [1.165, 1.54) is 18.4 Å². The molecule has 2 rings (SSSR count). The molecule has 0 radical (unpaired) electrons. The van der Waals surface area contributed by atoms with Crippen LogP contribution in [0.4, 0.5) is 0 Å². The quantitative estimate of drug-likeness (QED) is 0.827. The summed E-state index contributed by atoms with van der Waals surface area (Å²) in [6.45, 7) is 8.29. The maximum absolute atomic E-state index is 12.5. The van der Waals surface area contributed by atoms with Crippen molar-refractivity contribution >= 4 is 23.2 Å². The van der Waals surface area contributed by atoms with Crippen molar-refractivity contribution in [3.63, 3.8) is 0 Å². The second kappa shape index (κ2) is 9.16. The number of hydrogen-bond donors (Lipinski definition) is 1. The standard InChI is InChI=1S/C20H30N2OS/c1-15(2)14-17-8-10-18(11-9-17)16(3)19(23)21-20(24)22-12-6-4-5-7-13-22/h8-11,15-16H,4-7,12-14H2,1-3H3,(H,21,23,24). The summed E-state index contributed by atoms with van der Waals surface area (Å²) >= 11 is 5.44. The monoisotopic (exact) mass is 346 g/mol. The first-order valence-corrected chi connectivity index (χ1v) is 9.57. The van der Waals surface area contributed by atoms with Gasteiger partial charge in [-0.3, -0.25) is 4.79 Å². The van der Waals surface area contributed by atoms with E-state index in [0.717, 1.165) is 37.9 Å². The summed E-state index contributed by atoms with van der Waals surface area (Å²) in [4.78, 5) is 14.7. The molecule has 4 heteroatoms. The molecule has 132 valence electrons. The Labute approximate surface area is 151 Å². The maximum Gasteiger partial charge on any atom is 0.233 e. The van der Waals surface area contributed by atoms with Gasteiger partial charge in [0.15, 0.2) is 5.11 Å². The Balaban J connectivity index is 1.92. The van der Waals surface area contributed by atoms with Crippen LogP contribution in [0.3, 0.4) is 0 Å². The summed E-state index contributed by atoms with van der Waals surface area (Å²) in [5.74, 6) is 0.437. The van der Waals surface area contributed by atoms with Gasteiger partial charge < -0.3 is 10.2 Å². The van der Waals surface area contributed by atoms with Crippen LogP contribution in [0.1, 0.15) is 63.5 Å². The third-order valence-electron chi connectivity index (χ3n) is 4.64. The molecule has 1 fully saturated rings. The van der Waals surface area contributed by atoms with Crippen LogP contribution in [-0.2, 0) is 11.2 Å². The highest BCUT2D eigenvalue weighted by molar-refractivity contribution is 7.80. The van der Waals surface area contributed by atoms with E-state index < -0.39 is 0 Å². The molecule has 3 nitrogen and oxygen atoms in total. The number of thiocarbonyl (C=S) groups is 1. The van der Waals surface area contributed by atoms with E-state index in [1.807, 2.05) is 6.92 Å². The zero-order valence-corrected chi connectivity index (χ0v) is 16.0. The van der Waals surface area contributed by atoms with Gasteiger partial charge >= 0.3 is 0 Å². The van der Waals surface area contributed by atoms with E-state index in [-0.39, 0.29) is 11.8 Å². The van der Waals surface area contributed by atoms with Gasteiger partial charge in [0.2, 0.25) is 5.91 Å². The first-order chi connectivity index (χ1) is 11.5. The van der Waals surface area contributed by atoms with Crippen LogP contribution in [0.5, 0.6) is 0 Å². The number of rotatable bonds is 4. The Morgan fingerprint density at radius 1 is 1.08 bits per heavy atom. The average molecular weight is 347 g/mol. The van der Waals surface area contributed by atoms with E-state index in [9.17, 15) is 4.79 Å². The molecule has 0 bridgehead atoms. The molecule has 1 saturated heterocycles. The fourth-order valence-electron chi connectivity index (χ4n) is 3.13. The molecule has 0 spiro atoms. The molecule has 1 aromatic carbocycles. The Hall–Kier alpha value is -1.42. The van der Waals surface area contributed by atoms with Gasteiger partial charge in [-0.2, -0.15) is 0 Å². The number of likely N-dealkylation sites (tertiary alicyclic amines) is 1. The molecule has 1 amide bonds. The van der Waals surface area contributed by atoms with Crippen LogP contribution < -0.4 is 5.32 Å². The first kappa shape index (κ1) is 18.9. The lowest BCUT2D eigenvalue weighted by molar-refractivity contribution is -0.120. The molecule has 0 aromatic heterocycles. The number of benzene rings is 1. The fourth-order valence-corrected chi connectivity index (χ4v) is 3.41. The fraction of sp³-hybridized carbons (Fsp3) is 0.600. The van der Waals surface area contributed by atoms with Crippen molar-refractivity contribution in [1.82, 2.24) is 10.2 Å². The average Bonchev–Trinajstić information content (AvgIpc) is 2.83. The molecule has 0 aliphatic carbocycles.